The molecule has 0 unspecified atom stereocenters. The number of piperazine rings is 1. The molecule has 0 aromatic carbocycles. The Hall–Kier alpha value is -1.73. The normalized spacial score (nSPS) is 20.7. The molecule has 2 fully saturated rings. The summed E-state index contributed by atoms with van der Waals surface area (Å²) in [6, 6.07) is 2.04. The van der Waals surface area contributed by atoms with Crippen LogP contribution in [-0.4, -0.2) is 72.0 Å². The molecule has 0 bridgehead atoms. The Morgan fingerprint density at radius 2 is 1.88 bits per heavy atom. The van der Waals surface area contributed by atoms with Crippen LogP contribution < -0.4 is 4.90 Å². The second-order valence-electron chi connectivity index (χ2n) is 6.72. The van der Waals surface area contributed by atoms with E-state index in [0.717, 1.165) is 68.1 Å². The molecule has 0 saturated carbocycles. The quantitative estimate of drug-likeness (QED) is 0.829. The highest BCUT2D eigenvalue weighted by Gasteiger charge is 2.30. The summed E-state index contributed by atoms with van der Waals surface area (Å²) in [5.74, 6) is 1.55. The van der Waals surface area contributed by atoms with Crippen LogP contribution >= 0.6 is 11.3 Å². The van der Waals surface area contributed by atoms with Crippen LogP contribution in [0.5, 0.6) is 0 Å². The zero-order valence-corrected chi connectivity index (χ0v) is 14.8. The van der Waals surface area contributed by atoms with Gasteiger partial charge in [-0.25, -0.2) is 9.97 Å². The summed E-state index contributed by atoms with van der Waals surface area (Å²) < 4.78 is 1.15. The Kier molecular flexibility index (Phi) is 4.37. The lowest BCUT2D eigenvalue weighted by Crippen LogP contribution is -2.50. The third-order valence-electron chi connectivity index (χ3n) is 5.18. The van der Waals surface area contributed by atoms with E-state index in [1.807, 2.05) is 6.07 Å². The van der Waals surface area contributed by atoms with Crippen LogP contribution in [0, 0.1) is 5.92 Å². The van der Waals surface area contributed by atoms with E-state index >= 15 is 0 Å². The van der Waals surface area contributed by atoms with Crippen molar-refractivity contribution in [3.63, 3.8) is 0 Å². The molecule has 0 aliphatic carbocycles. The van der Waals surface area contributed by atoms with Crippen LogP contribution in [0.4, 0.5) is 5.82 Å². The van der Waals surface area contributed by atoms with E-state index in [2.05, 4.69) is 37.1 Å². The average molecular weight is 345 g/mol. The van der Waals surface area contributed by atoms with Gasteiger partial charge in [0.2, 0.25) is 5.91 Å². The van der Waals surface area contributed by atoms with Crippen molar-refractivity contribution in [1.29, 1.82) is 0 Å². The number of thiophene rings is 1. The fourth-order valence-corrected chi connectivity index (χ4v) is 4.49. The third kappa shape index (κ3) is 2.98. The van der Waals surface area contributed by atoms with E-state index in [-0.39, 0.29) is 5.92 Å². The van der Waals surface area contributed by atoms with Crippen molar-refractivity contribution in [3.05, 3.63) is 17.8 Å². The van der Waals surface area contributed by atoms with Gasteiger partial charge < -0.3 is 14.7 Å². The summed E-state index contributed by atoms with van der Waals surface area (Å²) in [5, 5.41) is 2.06. The number of hydrogen-bond acceptors (Lipinski definition) is 6. The maximum atomic E-state index is 12.7. The predicted molar refractivity (Wildman–Crippen MR) is 96.4 cm³/mol. The lowest BCUT2D eigenvalue weighted by molar-refractivity contribution is -0.137. The SMILES string of the molecule is CN1CCN(C(=O)C2CCN(c3ncnc4ccsc34)CC2)CC1. The first kappa shape index (κ1) is 15.8. The number of carbonyl (C=O) groups excluding carboxylic acids is 1. The summed E-state index contributed by atoms with van der Waals surface area (Å²) >= 11 is 1.69. The van der Waals surface area contributed by atoms with E-state index < -0.39 is 0 Å². The molecule has 0 spiro atoms. The monoisotopic (exact) mass is 345 g/mol. The Labute approximate surface area is 146 Å². The molecule has 0 atom stereocenters. The molecule has 24 heavy (non-hydrogen) atoms. The van der Waals surface area contributed by atoms with Gasteiger partial charge in [0.1, 0.15) is 12.1 Å². The first-order chi connectivity index (χ1) is 11.7. The zero-order chi connectivity index (χ0) is 16.5. The topological polar surface area (TPSA) is 52.6 Å². The third-order valence-corrected chi connectivity index (χ3v) is 6.08. The van der Waals surface area contributed by atoms with Crippen molar-refractivity contribution in [2.75, 3.05) is 51.2 Å². The highest BCUT2D eigenvalue weighted by Crippen LogP contribution is 2.31. The largest absolute Gasteiger partial charge is 0.355 e. The van der Waals surface area contributed by atoms with Gasteiger partial charge in [-0.05, 0) is 31.3 Å². The molecule has 4 heterocycles. The number of amides is 1. The van der Waals surface area contributed by atoms with Crippen molar-refractivity contribution in [1.82, 2.24) is 19.8 Å². The molecule has 7 heteroatoms. The van der Waals surface area contributed by atoms with Gasteiger partial charge in [-0.3, -0.25) is 4.79 Å². The summed E-state index contributed by atoms with van der Waals surface area (Å²) in [5.41, 5.74) is 1.01. The van der Waals surface area contributed by atoms with Gasteiger partial charge in [0, 0.05) is 45.2 Å². The number of hydrogen-bond donors (Lipinski definition) is 0. The second-order valence-corrected chi connectivity index (χ2v) is 7.64. The van der Waals surface area contributed by atoms with E-state index in [1.165, 1.54) is 0 Å². The number of fused-ring (bicyclic) bond motifs is 1. The van der Waals surface area contributed by atoms with Crippen LogP contribution in [0.1, 0.15) is 12.8 Å². The van der Waals surface area contributed by atoms with Crippen LogP contribution in [0.3, 0.4) is 0 Å². The Balaban J connectivity index is 1.40. The fraction of sp³-hybridized carbons (Fsp3) is 0.588. The smallest absolute Gasteiger partial charge is 0.225 e. The molecule has 1 amide bonds. The number of carbonyl (C=O) groups is 1. The molecule has 4 rings (SSSR count). The van der Waals surface area contributed by atoms with Crippen LogP contribution in [0.25, 0.3) is 10.2 Å². The molecule has 2 aromatic heterocycles. The number of aromatic nitrogens is 2. The van der Waals surface area contributed by atoms with Crippen LogP contribution in [0.2, 0.25) is 0 Å². The lowest BCUT2D eigenvalue weighted by atomic mass is 9.95. The van der Waals surface area contributed by atoms with Gasteiger partial charge in [0.25, 0.3) is 0 Å². The molecule has 0 N–H and O–H groups in total. The molecule has 0 radical (unpaired) electrons. The number of anilines is 1. The maximum Gasteiger partial charge on any atom is 0.225 e. The second kappa shape index (κ2) is 6.64. The van der Waals surface area contributed by atoms with Crippen molar-refractivity contribution < 1.29 is 4.79 Å². The van der Waals surface area contributed by atoms with Crippen molar-refractivity contribution >= 4 is 33.3 Å². The molecular formula is C17H23N5OS. The van der Waals surface area contributed by atoms with Gasteiger partial charge in [-0.15, -0.1) is 11.3 Å². The number of nitrogens with zero attached hydrogens (tertiary/aromatic N) is 5. The fourth-order valence-electron chi connectivity index (χ4n) is 3.62. The molecule has 2 aliphatic heterocycles. The van der Waals surface area contributed by atoms with Gasteiger partial charge in [-0.1, -0.05) is 0 Å². The first-order valence-electron chi connectivity index (χ1n) is 8.63. The minimum atomic E-state index is 0.172. The van der Waals surface area contributed by atoms with Crippen LogP contribution in [0.15, 0.2) is 17.8 Å². The predicted octanol–water partition coefficient (Wildman–Crippen LogP) is 1.68. The first-order valence-corrected chi connectivity index (χ1v) is 9.51. The average Bonchev–Trinajstić information content (AvgIpc) is 3.11. The van der Waals surface area contributed by atoms with Gasteiger partial charge >= 0.3 is 0 Å². The minimum Gasteiger partial charge on any atom is -0.355 e. The van der Waals surface area contributed by atoms with Gasteiger partial charge in [-0.2, -0.15) is 0 Å². The number of rotatable bonds is 2. The molecule has 2 saturated heterocycles. The Bertz CT molecular complexity index is 717. The summed E-state index contributed by atoms with van der Waals surface area (Å²) in [6.45, 7) is 5.51. The molecule has 6 nitrogen and oxygen atoms in total. The summed E-state index contributed by atoms with van der Waals surface area (Å²) in [7, 11) is 2.12. The standard InChI is InChI=1S/C17H23N5OS/c1-20-7-9-22(10-8-20)17(23)13-2-5-21(6-3-13)16-15-14(4-11-24-15)18-12-19-16/h4,11-13H,2-3,5-10H2,1H3. The number of piperidine rings is 1. The highest BCUT2D eigenvalue weighted by atomic mass is 32.1. The van der Waals surface area contributed by atoms with Crippen molar-refractivity contribution in [2.24, 2.45) is 5.92 Å². The number of likely N-dealkylation sites (N-methyl/N-ethyl adjacent to an activating group) is 1. The molecule has 2 aliphatic rings. The van der Waals surface area contributed by atoms with Gasteiger partial charge in [0.15, 0.2) is 0 Å². The van der Waals surface area contributed by atoms with E-state index in [0.29, 0.717) is 5.91 Å². The zero-order valence-electron chi connectivity index (χ0n) is 14.0. The van der Waals surface area contributed by atoms with E-state index in [4.69, 9.17) is 0 Å². The minimum absolute atomic E-state index is 0.172. The van der Waals surface area contributed by atoms with E-state index in [1.54, 1.807) is 17.7 Å². The molecule has 128 valence electrons. The van der Waals surface area contributed by atoms with Crippen molar-refractivity contribution in [2.45, 2.75) is 12.8 Å². The summed E-state index contributed by atoms with van der Waals surface area (Å²) in [4.78, 5) is 28.2. The molecule has 2 aromatic rings. The Morgan fingerprint density at radius 1 is 1.12 bits per heavy atom. The molecular weight excluding hydrogens is 322 g/mol. The van der Waals surface area contributed by atoms with Crippen molar-refractivity contribution in [3.8, 4) is 0 Å². The summed E-state index contributed by atoms with van der Waals surface area (Å²) in [6.07, 6.45) is 3.48. The lowest BCUT2D eigenvalue weighted by Gasteiger charge is -2.37. The van der Waals surface area contributed by atoms with Gasteiger partial charge in [0.05, 0.1) is 10.2 Å². The highest BCUT2D eigenvalue weighted by molar-refractivity contribution is 7.17. The van der Waals surface area contributed by atoms with Crippen LogP contribution in [-0.2, 0) is 4.79 Å². The van der Waals surface area contributed by atoms with E-state index in [9.17, 15) is 4.79 Å². The maximum absolute atomic E-state index is 12.7. The Morgan fingerprint density at radius 3 is 2.62 bits per heavy atom.